The number of hydrogen-bond donors (Lipinski definition) is 0. The molecule has 0 aliphatic carbocycles. The monoisotopic (exact) mass is 414 g/mol. The van der Waals surface area contributed by atoms with Crippen molar-refractivity contribution in [1.29, 1.82) is 0 Å². The third kappa shape index (κ3) is 4.27. The van der Waals surface area contributed by atoms with Crippen molar-refractivity contribution in [1.82, 2.24) is 8.61 Å². The van der Waals surface area contributed by atoms with Crippen LogP contribution in [-0.2, 0) is 25.8 Å². The van der Waals surface area contributed by atoms with E-state index in [0.717, 1.165) is 0 Å². The molecule has 2 aromatic rings. The van der Waals surface area contributed by atoms with E-state index in [1.54, 1.807) is 36.4 Å². The van der Waals surface area contributed by atoms with Gasteiger partial charge in [-0.25, -0.2) is 16.8 Å². The van der Waals surface area contributed by atoms with Crippen LogP contribution in [0.2, 0.25) is 5.02 Å². The minimum Gasteiger partial charge on any atom is -0.212 e. The molecule has 0 amide bonds. The molecule has 0 radical (unpaired) electrons. The summed E-state index contributed by atoms with van der Waals surface area (Å²) in [6, 6.07) is 15.0. The molecule has 0 aromatic heterocycles. The largest absolute Gasteiger partial charge is 0.243 e. The fourth-order valence-corrected chi connectivity index (χ4v) is 6.08. The summed E-state index contributed by atoms with van der Waals surface area (Å²) in [6.07, 6.45) is 0. The molecule has 26 heavy (non-hydrogen) atoms. The quantitative estimate of drug-likeness (QED) is 0.751. The smallest absolute Gasteiger partial charge is 0.212 e. The van der Waals surface area contributed by atoms with Gasteiger partial charge < -0.3 is 0 Å². The highest BCUT2D eigenvalue weighted by Crippen LogP contribution is 2.22. The van der Waals surface area contributed by atoms with E-state index in [1.807, 2.05) is 6.07 Å². The summed E-state index contributed by atoms with van der Waals surface area (Å²) in [5.41, 5.74) is 0.710. The summed E-state index contributed by atoms with van der Waals surface area (Å²) in [7, 11) is -7.17. The Kier molecular flexibility index (Phi) is 5.69. The van der Waals surface area contributed by atoms with Gasteiger partial charge in [-0.05, 0) is 23.8 Å². The van der Waals surface area contributed by atoms with E-state index in [1.165, 1.54) is 20.7 Å². The van der Waals surface area contributed by atoms with Crippen molar-refractivity contribution in [3.63, 3.8) is 0 Å². The van der Waals surface area contributed by atoms with Crippen molar-refractivity contribution >= 4 is 31.6 Å². The third-order valence-corrected chi connectivity index (χ3v) is 8.20. The minimum absolute atomic E-state index is 0.0884. The lowest BCUT2D eigenvalue weighted by molar-refractivity contribution is 0.272. The SMILES string of the molecule is O=S(=O)(Cc1ccccc1)N1CCN(S(=O)(=O)c2cccc(Cl)c2)CC1. The molecule has 0 spiro atoms. The van der Waals surface area contributed by atoms with Crippen LogP contribution in [0, 0.1) is 0 Å². The van der Waals surface area contributed by atoms with Crippen molar-refractivity contribution in [2.24, 2.45) is 0 Å². The highest BCUT2D eigenvalue weighted by Gasteiger charge is 2.33. The first kappa shape index (κ1) is 19.3. The lowest BCUT2D eigenvalue weighted by Gasteiger charge is -2.33. The maximum atomic E-state index is 12.7. The Labute approximate surface area is 159 Å². The molecule has 9 heteroatoms. The molecule has 0 saturated carbocycles. The van der Waals surface area contributed by atoms with Gasteiger partial charge in [0.05, 0.1) is 10.6 Å². The van der Waals surface area contributed by atoms with Crippen LogP contribution < -0.4 is 0 Å². The number of hydrogen-bond acceptors (Lipinski definition) is 4. The van der Waals surface area contributed by atoms with Crippen LogP contribution in [0.15, 0.2) is 59.5 Å². The lowest BCUT2D eigenvalue weighted by Crippen LogP contribution is -2.50. The second-order valence-corrected chi connectivity index (χ2v) is 10.3. The van der Waals surface area contributed by atoms with Crippen LogP contribution in [0.25, 0.3) is 0 Å². The van der Waals surface area contributed by atoms with Gasteiger partial charge in [0.25, 0.3) is 0 Å². The highest BCUT2D eigenvalue weighted by molar-refractivity contribution is 7.89. The molecule has 0 unspecified atom stereocenters. The van der Waals surface area contributed by atoms with E-state index < -0.39 is 20.0 Å². The Morgan fingerprint density at radius 2 is 1.42 bits per heavy atom. The molecule has 1 aliphatic heterocycles. The summed E-state index contributed by atoms with van der Waals surface area (Å²) < 4.78 is 53.2. The summed E-state index contributed by atoms with van der Waals surface area (Å²) in [5, 5.41) is 0.343. The van der Waals surface area contributed by atoms with Gasteiger partial charge in [0.2, 0.25) is 20.0 Å². The van der Waals surface area contributed by atoms with E-state index in [0.29, 0.717) is 10.6 Å². The zero-order valence-corrected chi connectivity index (χ0v) is 16.3. The molecule has 0 atom stereocenters. The Hall–Kier alpha value is -1.45. The summed E-state index contributed by atoms with van der Waals surface area (Å²) in [5.74, 6) is -0.0884. The molecule has 6 nitrogen and oxygen atoms in total. The Morgan fingerprint density at radius 1 is 0.808 bits per heavy atom. The van der Waals surface area contributed by atoms with Crippen LogP contribution in [0.1, 0.15) is 5.56 Å². The van der Waals surface area contributed by atoms with E-state index >= 15 is 0 Å². The van der Waals surface area contributed by atoms with Crippen LogP contribution in [0.5, 0.6) is 0 Å². The lowest BCUT2D eigenvalue weighted by atomic mass is 10.2. The average Bonchev–Trinajstić information content (AvgIpc) is 2.62. The molecular formula is C17H19ClN2O4S2. The summed E-state index contributed by atoms with van der Waals surface area (Å²) in [4.78, 5) is 0.116. The van der Waals surface area contributed by atoms with E-state index in [4.69, 9.17) is 11.6 Å². The Bertz CT molecular complexity index is 971. The predicted octanol–water partition coefficient (Wildman–Crippen LogP) is 2.18. The van der Waals surface area contributed by atoms with Crippen molar-refractivity contribution in [2.75, 3.05) is 26.2 Å². The molecule has 1 heterocycles. The molecule has 1 aliphatic rings. The minimum atomic E-state index is -3.68. The maximum absolute atomic E-state index is 12.7. The van der Waals surface area contributed by atoms with E-state index in [2.05, 4.69) is 0 Å². The number of sulfonamides is 2. The van der Waals surface area contributed by atoms with Gasteiger partial charge >= 0.3 is 0 Å². The van der Waals surface area contributed by atoms with Crippen molar-refractivity contribution in [2.45, 2.75) is 10.6 Å². The number of halogens is 1. The molecule has 2 aromatic carbocycles. The van der Waals surface area contributed by atoms with Crippen LogP contribution >= 0.6 is 11.6 Å². The van der Waals surface area contributed by atoms with Crippen LogP contribution in [0.3, 0.4) is 0 Å². The van der Waals surface area contributed by atoms with E-state index in [-0.39, 0.29) is 36.8 Å². The first-order valence-corrected chi connectivity index (χ1v) is 11.5. The fourth-order valence-electron chi connectivity index (χ4n) is 2.84. The summed E-state index contributed by atoms with van der Waals surface area (Å²) >= 11 is 5.88. The maximum Gasteiger partial charge on any atom is 0.243 e. The molecular weight excluding hydrogens is 396 g/mol. The normalized spacial score (nSPS) is 17.3. The van der Waals surface area contributed by atoms with Crippen molar-refractivity contribution in [3.8, 4) is 0 Å². The zero-order valence-electron chi connectivity index (χ0n) is 14.0. The topological polar surface area (TPSA) is 74.8 Å². The van der Waals surface area contributed by atoms with E-state index in [9.17, 15) is 16.8 Å². The van der Waals surface area contributed by atoms with Gasteiger partial charge in [0, 0.05) is 31.2 Å². The van der Waals surface area contributed by atoms with Gasteiger partial charge in [-0.1, -0.05) is 48.0 Å². The average molecular weight is 415 g/mol. The van der Waals surface area contributed by atoms with Gasteiger partial charge in [-0.2, -0.15) is 8.61 Å². The van der Waals surface area contributed by atoms with Crippen molar-refractivity contribution in [3.05, 3.63) is 65.2 Å². The van der Waals surface area contributed by atoms with Gasteiger partial charge in [-0.15, -0.1) is 0 Å². The highest BCUT2D eigenvalue weighted by atomic mass is 35.5. The number of rotatable bonds is 5. The third-order valence-electron chi connectivity index (χ3n) is 4.22. The van der Waals surface area contributed by atoms with Crippen molar-refractivity contribution < 1.29 is 16.8 Å². The Balaban J connectivity index is 1.69. The predicted molar refractivity (Wildman–Crippen MR) is 101 cm³/mol. The summed E-state index contributed by atoms with van der Waals surface area (Å²) in [6.45, 7) is 0.496. The fraction of sp³-hybridized carbons (Fsp3) is 0.294. The second-order valence-electron chi connectivity index (χ2n) is 6.00. The van der Waals surface area contributed by atoms with Crippen LogP contribution in [-0.4, -0.2) is 51.6 Å². The number of benzene rings is 2. The second kappa shape index (κ2) is 7.66. The zero-order chi connectivity index (χ0) is 18.8. The first-order chi connectivity index (χ1) is 12.3. The number of piperazine rings is 1. The molecule has 140 valence electrons. The molecule has 0 N–H and O–H groups in total. The Morgan fingerprint density at radius 3 is 2.04 bits per heavy atom. The molecule has 1 saturated heterocycles. The van der Waals surface area contributed by atoms with Gasteiger partial charge in [0.15, 0.2) is 0 Å². The first-order valence-electron chi connectivity index (χ1n) is 8.06. The van der Waals surface area contributed by atoms with Crippen LogP contribution in [0.4, 0.5) is 0 Å². The molecule has 1 fully saturated rings. The standard InChI is InChI=1S/C17H19ClN2O4S2/c18-16-7-4-8-17(13-16)26(23,24)20-11-9-19(10-12-20)25(21,22)14-15-5-2-1-3-6-15/h1-8,13H,9-12,14H2. The van der Waals surface area contributed by atoms with Gasteiger partial charge in [-0.3, -0.25) is 0 Å². The molecule has 3 rings (SSSR count). The number of nitrogens with zero attached hydrogens (tertiary/aromatic N) is 2. The molecule has 0 bridgehead atoms. The van der Waals surface area contributed by atoms with Gasteiger partial charge in [0.1, 0.15) is 0 Å².